The summed E-state index contributed by atoms with van der Waals surface area (Å²) in [7, 11) is 0. The number of hydrogen-bond acceptors (Lipinski definition) is 5. The van der Waals surface area contributed by atoms with Crippen molar-refractivity contribution in [1.29, 1.82) is 0 Å². The molecule has 0 aliphatic carbocycles. The van der Waals surface area contributed by atoms with Crippen molar-refractivity contribution in [3.8, 4) is 5.75 Å². The van der Waals surface area contributed by atoms with Gasteiger partial charge in [0.05, 0.1) is 12.2 Å². The lowest BCUT2D eigenvalue weighted by molar-refractivity contribution is 0.0529. The SMILES string of the molecule is CCNC(=NCCNC(=O)OC(C)(C)C)N1CCN(c2ccccc2O)CC1. The zero-order valence-electron chi connectivity index (χ0n) is 17.4. The van der Waals surface area contributed by atoms with E-state index in [9.17, 15) is 9.90 Å². The van der Waals surface area contributed by atoms with Crippen molar-refractivity contribution in [2.24, 2.45) is 4.99 Å². The highest BCUT2D eigenvalue weighted by atomic mass is 16.6. The summed E-state index contributed by atoms with van der Waals surface area (Å²) in [4.78, 5) is 20.7. The minimum absolute atomic E-state index is 0.310. The fourth-order valence-electron chi connectivity index (χ4n) is 2.95. The summed E-state index contributed by atoms with van der Waals surface area (Å²) in [6.07, 6.45) is -0.427. The van der Waals surface area contributed by atoms with Crippen LogP contribution in [0.5, 0.6) is 5.75 Å². The summed E-state index contributed by atoms with van der Waals surface area (Å²) in [6.45, 7) is 12.4. The number of amides is 1. The predicted molar refractivity (Wildman–Crippen MR) is 112 cm³/mol. The molecule has 0 unspecified atom stereocenters. The van der Waals surface area contributed by atoms with Gasteiger partial charge in [-0.2, -0.15) is 0 Å². The molecule has 2 rings (SSSR count). The van der Waals surface area contributed by atoms with E-state index in [1.54, 1.807) is 6.07 Å². The first kappa shape index (κ1) is 21.7. The maximum absolute atomic E-state index is 11.7. The normalized spacial score (nSPS) is 15.4. The van der Waals surface area contributed by atoms with E-state index < -0.39 is 11.7 Å². The van der Waals surface area contributed by atoms with Crippen molar-refractivity contribution in [2.75, 3.05) is 50.7 Å². The smallest absolute Gasteiger partial charge is 0.407 e. The van der Waals surface area contributed by atoms with Crippen molar-refractivity contribution in [2.45, 2.75) is 33.3 Å². The summed E-state index contributed by atoms with van der Waals surface area (Å²) < 4.78 is 5.22. The zero-order valence-corrected chi connectivity index (χ0v) is 17.4. The molecule has 1 fully saturated rings. The second-order valence-corrected chi connectivity index (χ2v) is 7.63. The standard InChI is InChI=1S/C20H33N5O3/c1-5-21-18(22-10-11-23-19(27)28-20(2,3)4)25-14-12-24(13-15-25)16-8-6-7-9-17(16)26/h6-9,26H,5,10-15H2,1-4H3,(H,21,22)(H,23,27). The minimum atomic E-state index is -0.505. The molecular formula is C20H33N5O3. The summed E-state index contributed by atoms with van der Waals surface area (Å²) in [5.74, 6) is 1.15. The van der Waals surface area contributed by atoms with E-state index in [1.807, 2.05) is 45.9 Å². The van der Waals surface area contributed by atoms with Crippen molar-refractivity contribution < 1.29 is 14.6 Å². The van der Waals surface area contributed by atoms with E-state index in [1.165, 1.54) is 0 Å². The number of phenols is 1. The number of nitrogens with one attached hydrogen (secondary N) is 2. The molecule has 1 aliphatic heterocycles. The van der Waals surface area contributed by atoms with Gasteiger partial charge in [-0.3, -0.25) is 4.99 Å². The van der Waals surface area contributed by atoms with Crippen LogP contribution in [0.4, 0.5) is 10.5 Å². The molecule has 1 aliphatic rings. The van der Waals surface area contributed by atoms with Crippen LogP contribution in [0.1, 0.15) is 27.7 Å². The highest BCUT2D eigenvalue weighted by molar-refractivity contribution is 5.80. The number of hydrogen-bond donors (Lipinski definition) is 3. The molecule has 1 heterocycles. The molecule has 0 radical (unpaired) electrons. The van der Waals surface area contributed by atoms with Crippen molar-refractivity contribution in [3.05, 3.63) is 24.3 Å². The molecule has 28 heavy (non-hydrogen) atoms. The zero-order chi connectivity index (χ0) is 20.6. The lowest BCUT2D eigenvalue weighted by Crippen LogP contribution is -2.52. The van der Waals surface area contributed by atoms with Gasteiger partial charge in [-0.1, -0.05) is 12.1 Å². The summed E-state index contributed by atoms with van der Waals surface area (Å²) in [6, 6.07) is 7.42. The number of nitrogens with zero attached hydrogens (tertiary/aromatic N) is 3. The van der Waals surface area contributed by atoms with Gasteiger partial charge in [-0.05, 0) is 39.8 Å². The Bertz CT molecular complexity index is 664. The Labute approximate surface area is 167 Å². The second-order valence-electron chi connectivity index (χ2n) is 7.63. The van der Waals surface area contributed by atoms with Crippen molar-refractivity contribution in [3.63, 3.8) is 0 Å². The van der Waals surface area contributed by atoms with Crippen LogP contribution >= 0.6 is 0 Å². The molecule has 1 aromatic carbocycles. The third kappa shape index (κ3) is 6.83. The van der Waals surface area contributed by atoms with Gasteiger partial charge in [-0.25, -0.2) is 4.79 Å². The fourth-order valence-corrected chi connectivity index (χ4v) is 2.95. The van der Waals surface area contributed by atoms with E-state index in [2.05, 4.69) is 25.4 Å². The first-order valence-corrected chi connectivity index (χ1v) is 9.83. The molecular weight excluding hydrogens is 358 g/mol. The van der Waals surface area contributed by atoms with E-state index in [4.69, 9.17) is 4.74 Å². The van der Waals surface area contributed by atoms with Gasteiger partial charge in [0.1, 0.15) is 11.4 Å². The number of aromatic hydroxyl groups is 1. The van der Waals surface area contributed by atoms with Crippen LogP contribution in [-0.4, -0.2) is 73.5 Å². The van der Waals surface area contributed by atoms with Crippen molar-refractivity contribution >= 4 is 17.7 Å². The third-order valence-corrected chi connectivity index (χ3v) is 4.18. The molecule has 8 heteroatoms. The number of phenolic OH excluding ortho intramolecular Hbond substituents is 1. The van der Waals surface area contributed by atoms with E-state index in [0.29, 0.717) is 18.8 Å². The number of para-hydroxylation sites is 2. The fraction of sp³-hybridized carbons (Fsp3) is 0.600. The molecule has 0 saturated carbocycles. The Balaban J connectivity index is 1.84. The summed E-state index contributed by atoms with van der Waals surface area (Å²) >= 11 is 0. The molecule has 1 amide bonds. The maximum atomic E-state index is 11.7. The quantitative estimate of drug-likeness (QED) is 0.404. The van der Waals surface area contributed by atoms with Gasteiger partial charge in [0.25, 0.3) is 0 Å². The average molecular weight is 392 g/mol. The highest BCUT2D eigenvalue weighted by Crippen LogP contribution is 2.27. The number of carbonyl (C=O) groups is 1. The molecule has 0 aromatic heterocycles. The Kier molecular flexibility index (Phi) is 7.78. The number of anilines is 1. The van der Waals surface area contributed by atoms with Crippen LogP contribution in [0.25, 0.3) is 0 Å². The number of piperazine rings is 1. The molecule has 3 N–H and O–H groups in total. The Hall–Kier alpha value is -2.64. The van der Waals surface area contributed by atoms with Gasteiger partial charge in [0.2, 0.25) is 0 Å². The van der Waals surface area contributed by atoms with Crippen LogP contribution in [-0.2, 0) is 4.74 Å². The lowest BCUT2D eigenvalue weighted by atomic mass is 10.2. The second kappa shape index (κ2) is 10.1. The topological polar surface area (TPSA) is 89.4 Å². The first-order valence-electron chi connectivity index (χ1n) is 9.83. The molecule has 0 spiro atoms. The highest BCUT2D eigenvalue weighted by Gasteiger charge is 2.21. The van der Waals surface area contributed by atoms with Gasteiger partial charge in [-0.15, -0.1) is 0 Å². The number of carbonyl (C=O) groups excluding carboxylic acids is 1. The Morgan fingerprint density at radius 2 is 1.86 bits per heavy atom. The minimum Gasteiger partial charge on any atom is -0.506 e. The predicted octanol–water partition coefficient (Wildman–Crippen LogP) is 2.00. The van der Waals surface area contributed by atoms with Crippen LogP contribution in [0.15, 0.2) is 29.3 Å². The van der Waals surface area contributed by atoms with Crippen LogP contribution in [0.2, 0.25) is 0 Å². The molecule has 8 nitrogen and oxygen atoms in total. The number of benzene rings is 1. The van der Waals surface area contributed by atoms with E-state index >= 15 is 0 Å². The molecule has 0 atom stereocenters. The Morgan fingerprint density at radius 1 is 1.18 bits per heavy atom. The number of rotatable bonds is 5. The molecule has 156 valence electrons. The third-order valence-electron chi connectivity index (χ3n) is 4.18. The maximum Gasteiger partial charge on any atom is 0.407 e. The van der Waals surface area contributed by atoms with E-state index in [-0.39, 0.29) is 0 Å². The number of ether oxygens (including phenoxy) is 1. The molecule has 1 aromatic rings. The largest absolute Gasteiger partial charge is 0.506 e. The number of guanidine groups is 1. The molecule has 1 saturated heterocycles. The summed E-state index contributed by atoms with van der Waals surface area (Å²) in [5.41, 5.74) is 0.362. The summed E-state index contributed by atoms with van der Waals surface area (Å²) in [5, 5.41) is 16.1. The number of aliphatic imine (C=N–C) groups is 1. The van der Waals surface area contributed by atoms with Crippen LogP contribution < -0.4 is 15.5 Å². The van der Waals surface area contributed by atoms with Gasteiger partial charge >= 0.3 is 6.09 Å². The van der Waals surface area contributed by atoms with E-state index in [0.717, 1.165) is 44.4 Å². The number of alkyl carbamates (subject to hydrolysis) is 1. The van der Waals surface area contributed by atoms with Crippen LogP contribution in [0, 0.1) is 0 Å². The van der Waals surface area contributed by atoms with Crippen molar-refractivity contribution in [1.82, 2.24) is 15.5 Å². The lowest BCUT2D eigenvalue weighted by Gasteiger charge is -2.37. The van der Waals surface area contributed by atoms with Gasteiger partial charge < -0.3 is 30.3 Å². The molecule has 0 bridgehead atoms. The Morgan fingerprint density at radius 3 is 2.46 bits per heavy atom. The monoisotopic (exact) mass is 391 g/mol. The van der Waals surface area contributed by atoms with Gasteiger partial charge in [0, 0.05) is 39.3 Å². The van der Waals surface area contributed by atoms with Crippen LogP contribution in [0.3, 0.4) is 0 Å². The average Bonchev–Trinajstić information content (AvgIpc) is 2.63. The first-order chi connectivity index (χ1) is 13.3. The van der Waals surface area contributed by atoms with Gasteiger partial charge in [0.15, 0.2) is 5.96 Å².